The van der Waals surface area contributed by atoms with Crippen LogP contribution in [0.4, 0.5) is 0 Å². The highest BCUT2D eigenvalue weighted by Gasteiger charge is 2.20. The van der Waals surface area contributed by atoms with E-state index in [1.165, 1.54) is 11.2 Å². The van der Waals surface area contributed by atoms with E-state index in [9.17, 15) is 4.79 Å². The quantitative estimate of drug-likeness (QED) is 0.496. The van der Waals surface area contributed by atoms with Crippen molar-refractivity contribution in [3.05, 3.63) is 24.2 Å². The number of nitrogens with zero attached hydrogens (tertiary/aromatic N) is 2. The molecule has 4 heteroatoms. The lowest BCUT2D eigenvalue weighted by Crippen LogP contribution is -2.35. The number of rotatable bonds is 0. The van der Waals surface area contributed by atoms with Crippen molar-refractivity contribution in [1.29, 1.82) is 0 Å². The molecule has 2 heterocycles. The monoisotopic (exact) mass is 150 g/mol. The second-order valence-electron chi connectivity index (χ2n) is 2.20. The first kappa shape index (κ1) is 6.15. The zero-order valence-corrected chi connectivity index (χ0v) is 5.73. The minimum absolute atomic E-state index is 0.0874. The van der Waals surface area contributed by atoms with Gasteiger partial charge in [-0.2, -0.15) is 0 Å². The molecule has 0 N–H and O–H groups in total. The predicted molar refractivity (Wildman–Crippen MR) is 38.5 cm³/mol. The topological polar surface area (TPSA) is 41.9 Å². The predicted octanol–water partition coefficient (Wildman–Crippen LogP) is 0.242. The lowest BCUT2D eigenvalue weighted by molar-refractivity contribution is -0.130. The number of aliphatic imine (C=N–C) groups is 1. The van der Waals surface area contributed by atoms with Gasteiger partial charge in [-0.05, 0) is 6.08 Å². The van der Waals surface area contributed by atoms with Crippen molar-refractivity contribution < 1.29 is 9.53 Å². The first-order valence-electron chi connectivity index (χ1n) is 3.21. The van der Waals surface area contributed by atoms with Gasteiger partial charge in [-0.1, -0.05) is 0 Å². The first-order chi connectivity index (χ1) is 5.38. The van der Waals surface area contributed by atoms with E-state index in [0.717, 1.165) is 5.70 Å². The first-order valence-corrected chi connectivity index (χ1v) is 3.21. The van der Waals surface area contributed by atoms with Gasteiger partial charge in [0.15, 0.2) is 6.61 Å². The van der Waals surface area contributed by atoms with Crippen molar-refractivity contribution >= 4 is 12.2 Å². The lowest BCUT2D eigenvalue weighted by Gasteiger charge is -2.23. The summed E-state index contributed by atoms with van der Waals surface area (Å²) in [4.78, 5) is 16.3. The van der Waals surface area contributed by atoms with Crippen molar-refractivity contribution in [1.82, 2.24) is 4.90 Å². The molecule has 11 heavy (non-hydrogen) atoms. The van der Waals surface area contributed by atoms with Gasteiger partial charge in [0.25, 0.3) is 5.91 Å². The Hall–Kier alpha value is -1.58. The summed E-state index contributed by atoms with van der Waals surface area (Å²) in [6.45, 7) is 0.101. The smallest absolute Gasteiger partial charge is 0.270 e. The van der Waals surface area contributed by atoms with E-state index < -0.39 is 0 Å². The van der Waals surface area contributed by atoms with Crippen molar-refractivity contribution in [3.8, 4) is 0 Å². The second kappa shape index (κ2) is 2.23. The van der Waals surface area contributed by atoms with Crippen LogP contribution in [0.5, 0.6) is 0 Å². The SMILES string of the molecule is O=C1COC=C2C=CN=CN12. The highest BCUT2D eigenvalue weighted by atomic mass is 16.5. The maximum absolute atomic E-state index is 11.1. The minimum Gasteiger partial charge on any atom is -0.489 e. The third-order valence-electron chi connectivity index (χ3n) is 1.47. The van der Waals surface area contributed by atoms with Crippen LogP contribution in [0.3, 0.4) is 0 Å². The molecule has 0 saturated carbocycles. The molecule has 0 bridgehead atoms. The van der Waals surface area contributed by atoms with E-state index in [1.807, 2.05) is 0 Å². The number of allylic oxidation sites excluding steroid dienone is 1. The summed E-state index contributed by atoms with van der Waals surface area (Å²) in [7, 11) is 0. The molecule has 0 aromatic rings. The van der Waals surface area contributed by atoms with Crippen molar-refractivity contribution in [2.75, 3.05) is 6.61 Å². The molecule has 0 aromatic carbocycles. The minimum atomic E-state index is -0.0874. The Bertz CT molecular complexity index is 278. The number of amides is 1. The third-order valence-corrected chi connectivity index (χ3v) is 1.47. The van der Waals surface area contributed by atoms with Crippen molar-refractivity contribution in [3.63, 3.8) is 0 Å². The largest absolute Gasteiger partial charge is 0.489 e. The summed E-state index contributed by atoms with van der Waals surface area (Å²) in [5.74, 6) is -0.0874. The number of carbonyl (C=O) groups is 1. The summed E-state index contributed by atoms with van der Waals surface area (Å²) < 4.78 is 4.89. The summed E-state index contributed by atoms with van der Waals surface area (Å²) >= 11 is 0. The number of ether oxygens (including phenoxy) is 1. The standard InChI is InChI=1S/C7H6N2O2/c10-7-4-11-3-6-1-2-8-5-9(6)7/h1-3,5H,4H2. The van der Waals surface area contributed by atoms with Crippen molar-refractivity contribution in [2.24, 2.45) is 4.99 Å². The van der Waals surface area contributed by atoms with Gasteiger partial charge in [-0.15, -0.1) is 0 Å². The Balaban J connectivity index is 2.36. The second-order valence-corrected chi connectivity index (χ2v) is 2.20. The van der Waals surface area contributed by atoms with E-state index in [0.29, 0.717) is 0 Å². The molecule has 0 saturated heterocycles. The van der Waals surface area contributed by atoms with Crippen LogP contribution in [0.1, 0.15) is 0 Å². The number of fused-ring (bicyclic) bond motifs is 1. The van der Waals surface area contributed by atoms with Gasteiger partial charge in [-0.3, -0.25) is 9.69 Å². The summed E-state index contributed by atoms with van der Waals surface area (Å²) in [5, 5.41) is 0. The van der Waals surface area contributed by atoms with Crippen LogP contribution in [0.15, 0.2) is 29.2 Å². The average molecular weight is 150 g/mol. The maximum atomic E-state index is 11.1. The van der Waals surface area contributed by atoms with E-state index >= 15 is 0 Å². The molecule has 2 aliphatic heterocycles. The van der Waals surface area contributed by atoms with Gasteiger partial charge < -0.3 is 4.74 Å². The summed E-state index contributed by atoms with van der Waals surface area (Å²) in [6, 6.07) is 0. The molecule has 2 aliphatic rings. The zero-order chi connectivity index (χ0) is 7.68. The van der Waals surface area contributed by atoms with Crippen LogP contribution < -0.4 is 0 Å². The molecule has 0 spiro atoms. The van der Waals surface area contributed by atoms with E-state index in [4.69, 9.17) is 4.74 Å². The molecular weight excluding hydrogens is 144 g/mol. The highest BCUT2D eigenvalue weighted by Crippen LogP contribution is 2.13. The number of carbonyl (C=O) groups excluding carboxylic acids is 1. The van der Waals surface area contributed by atoms with Gasteiger partial charge in [0.2, 0.25) is 0 Å². The van der Waals surface area contributed by atoms with Crippen LogP contribution >= 0.6 is 0 Å². The Morgan fingerprint density at radius 1 is 1.64 bits per heavy atom. The molecule has 0 aliphatic carbocycles. The van der Waals surface area contributed by atoms with Crippen LogP contribution in [0, 0.1) is 0 Å². The third kappa shape index (κ3) is 0.920. The molecular formula is C7H6N2O2. The molecule has 0 atom stereocenters. The molecule has 0 radical (unpaired) electrons. The van der Waals surface area contributed by atoms with Gasteiger partial charge in [-0.25, -0.2) is 4.99 Å². The molecule has 0 aromatic heterocycles. The van der Waals surface area contributed by atoms with E-state index in [-0.39, 0.29) is 12.5 Å². The highest BCUT2D eigenvalue weighted by molar-refractivity contribution is 5.92. The van der Waals surface area contributed by atoms with Crippen LogP contribution in [-0.2, 0) is 9.53 Å². The summed E-state index contributed by atoms with van der Waals surface area (Å²) in [6.07, 6.45) is 6.36. The summed E-state index contributed by atoms with van der Waals surface area (Å²) in [5.41, 5.74) is 0.733. The molecule has 1 amide bonds. The Kier molecular flexibility index (Phi) is 1.25. The number of hydrogen-bond acceptors (Lipinski definition) is 3. The molecule has 4 nitrogen and oxygen atoms in total. The van der Waals surface area contributed by atoms with Crippen molar-refractivity contribution in [2.45, 2.75) is 0 Å². The molecule has 0 fully saturated rings. The molecule has 56 valence electrons. The molecule has 2 rings (SSSR count). The van der Waals surface area contributed by atoms with E-state index in [1.54, 1.807) is 18.5 Å². The van der Waals surface area contributed by atoms with Gasteiger partial charge >= 0.3 is 0 Å². The Morgan fingerprint density at radius 2 is 2.55 bits per heavy atom. The van der Waals surface area contributed by atoms with Gasteiger partial charge in [0.05, 0.1) is 5.70 Å². The van der Waals surface area contributed by atoms with Crippen LogP contribution in [0.25, 0.3) is 0 Å². The normalized spacial score (nSPS) is 20.9. The molecule has 0 unspecified atom stereocenters. The van der Waals surface area contributed by atoms with Gasteiger partial charge in [0, 0.05) is 6.20 Å². The van der Waals surface area contributed by atoms with Gasteiger partial charge in [0.1, 0.15) is 12.6 Å². The average Bonchev–Trinajstić information content (AvgIpc) is 2.06. The fraction of sp³-hybridized carbons (Fsp3) is 0.143. The lowest BCUT2D eigenvalue weighted by atomic mass is 10.3. The fourth-order valence-corrected chi connectivity index (χ4v) is 0.944. The van der Waals surface area contributed by atoms with Crippen LogP contribution in [-0.4, -0.2) is 23.8 Å². The fourth-order valence-electron chi connectivity index (χ4n) is 0.944. The Labute approximate surface area is 63.5 Å². The van der Waals surface area contributed by atoms with Crippen LogP contribution in [0.2, 0.25) is 0 Å². The number of hydrogen-bond donors (Lipinski definition) is 0. The Morgan fingerprint density at radius 3 is 3.36 bits per heavy atom. The van der Waals surface area contributed by atoms with E-state index in [2.05, 4.69) is 4.99 Å². The zero-order valence-electron chi connectivity index (χ0n) is 5.73. The maximum Gasteiger partial charge on any atom is 0.270 e.